The first-order valence-electron chi connectivity index (χ1n) is 17.0. The van der Waals surface area contributed by atoms with Gasteiger partial charge in [0, 0.05) is 73.5 Å². The minimum absolute atomic E-state index is 0.00642. The van der Waals surface area contributed by atoms with Crippen LogP contribution in [0.3, 0.4) is 0 Å². The summed E-state index contributed by atoms with van der Waals surface area (Å²) in [6.45, 7) is 1.96. The van der Waals surface area contributed by atoms with Crippen molar-refractivity contribution in [1.29, 1.82) is 0 Å². The van der Waals surface area contributed by atoms with Crippen LogP contribution in [0.15, 0.2) is 53.2 Å². The Kier molecular flexibility index (Phi) is 8.94. The molecule has 3 aliphatic heterocycles. The number of fused-ring (bicyclic) bond motifs is 3. The van der Waals surface area contributed by atoms with Crippen molar-refractivity contribution in [2.75, 3.05) is 44.7 Å². The van der Waals surface area contributed by atoms with Gasteiger partial charge in [-0.25, -0.2) is 17.6 Å². The zero-order chi connectivity index (χ0) is 36.1. The minimum atomic E-state index is -2.89. The molecule has 0 spiro atoms. The molecule has 3 atom stereocenters. The van der Waals surface area contributed by atoms with E-state index in [-0.39, 0.29) is 48.2 Å². The molecule has 0 bridgehead atoms. The van der Waals surface area contributed by atoms with Crippen LogP contribution in [0.2, 0.25) is 5.02 Å². The van der Waals surface area contributed by atoms with Crippen molar-refractivity contribution < 1.29 is 31.6 Å². The molecule has 2 aromatic carbocycles. The highest BCUT2D eigenvalue weighted by Gasteiger charge is 2.49. The maximum atomic E-state index is 16.8. The highest BCUT2D eigenvalue weighted by molar-refractivity contribution is 6.36. The number of aromatic nitrogens is 5. The van der Waals surface area contributed by atoms with Crippen LogP contribution in [0.25, 0.3) is 39.0 Å². The van der Waals surface area contributed by atoms with E-state index < -0.39 is 29.8 Å². The van der Waals surface area contributed by atoms with E-state index in [0.717, 1.165) is 24.8 Å². The van der Waals surface area contributed by atoms with Gasteiger partial charge >= 0.3 is 12.4 Å². The third kappa shape index (κ3) is 6.19. The summed E-state index contributed by atoms with van der Waals surface area (Å²) >= 11 is 6.60. The van der Waals surface area contributed by atoms with Crippen LogP contribution < -0.4 is 9.64 Å². The van der Waals surface area contributed by atoms with E-state index in [1.54, 1.807) is 24.1 Å². The van der Waals surface area contributed by atoms with E-state index in [4.69, 9.17) is 25.8 Å². The van der Waals surface area contributed by atoms with E-state index in [9.17, 15) is 18.0 Å². The van der Waals surface area contributed by atoms with Gasteiger partial charge in [0.25, 0.3) is 5.89 Å². The third-order valence-electron chi connectivity index (χ3n) is 10.4. The number of amides is 1. The van der Waals surface area contributed by atoms with Crippen LogP contribution >= 0.6 is 11.6 Å². The number of benzene rings is 2. The smallest absolute Gasteiger partial charge is 0.319 e. The minimum Gasteiger partial charge on any atom is -0.461 e. The molecule has 16 heteroatoms. The van der Waals surface area contributed by atoms with Crippen molar-refractivity contribution in [1.82, 2.24) is 34.9 Å². The fraction of sp³-hybridized carbons (Fsp3) is 0.389. The van der Waals surface area contributed by atoms with Gasteiger partial charge in [-0.3, -0.25) is 14.7 Å². The molecule has 6 heterocycles. The van der Waals surface area contributed by atoms with Gasteiger partial charge in [0.2, 0.25) is 11.7 Å². The van der Waals surface area contributed by atoms with Gasteiger partial charge in [-0.05, 0) is 37.3 Å². The predicted molar refractivity (Wildman–Crippen MR) is 185 cm³/mol. The number of carbonyl (C=O) groups is 1. The molecule has 11 nitrogen and oxygen atoms in total. The van der Waals surface area contributed by atoms with Crippen molar-refractivity contribution in [3.63, 3.8) is 0 Å². The summed E-state index contributed by atoms with van der Waals surface area (Å²) in [7, 11) is 1.79. The van der Waals surface area contributed by atoms with E-state index in [2.05, 4.69) is 25.0 Å². The maximum absolute atomic E-state index is 16.8. The van der Waals surface area contributed by atoms with Crippen molar-refractivity contribution in [2.24, 2.45) is 0 Å². The predicted octanol–water partition coefficient (Wildman–Crippen LogP) is 6.66. The normalized spacial score (nSPS) is 22.0. The Balaban J connectivity index is 1.12. The zero-order valence-electron chi connectivity index (χ0n) is 28.0. The van der Waals surface area contributed by atoms with Crippen LogP contribution in [0.1, 0.15) is 43.8 Å². The van der Waals surface area contributed by atoms with Crippen LogP contribution in [0, 0.1) is 5.82 Å². The van der Waals surface area contributed by atoms with Crippen LogP contribution in [-0.2, 0) is 4.79 Å². The Bertz CT molecular complexity index is 2200. The number of rotatable bonds is 9. The first kappa shape index (κ1) is 34.2. The molecule has 270 valence electrons. The highest BCUT2D eigenvalue weighted by Crippen LogP contribution is 2.41. The molecule has 1 amide bonds. The van der Waals surface area contributed by atoms with Crippen molar-refractivity contribution >= 4 is 51.1 Å². The SMILES string of the molecule is CN(c1nc(OC[C@@]23CCCN2C[C@H](F)C3)nc2c(F)c(-c3cccc4cccc(Cl)c34)ncc12)[C@@H]1CCN(C(=O)/C=C/c2nc(C(F)F)no2)C1. The van der Waals surface area contributed by atoms with E-state index in [0.29, 0.717) is 53.1 Å². The molecule has 0 unspecified atom stereocenters. The number of hydrogen-bond donors (Lipinski definition) is 0. The van der Waals surface area contributed by atoms with E-state index in [1.165, 1.54) is 18.3 Å². The average molecular weight is 737 g/mol. The van der Waals surface area contributed by atoms with Gasteiger partial charge in [0.15, 0.2) is 5.82 Å². The van der Waals surface area contributed by atoms with Crippen molar-refractivity contribution in [3.8, 4) is 17.3 Å². The number of halogens is 5. The number of ether oxygens (including phenoxy) is 1. The van der Waals surface area contributed by atoms with Gasteiger partial charge in [0.1, 0.15) is 29.8 Å². The van der Waals surface area contributed by atoms with Crippen molar-refractivity contribution in [2.45, 2.75) is 49.9 Å². The second-order valence-electron chi connectivity index (χ2n) is 13.5. The Morgan fingerprint density at radius 1 is 1.17 bits per heavy atom. The fourth-order valence-corrected chi connectivity index (χ4v) is 8.05. The molecule has 0 radical (unpaired) electrons. The second kappa shape index (κ2) is 13.6. The van der Waals surface area contributed by atoms with Crippen LogP contribution in [-0.4, -0.2) is 98.4 Å². The first-order chi connectivity index (χ1) is 25.1. The number of anilines is 1. The topological polar surface area (TPSA) is 114 Å². The number of likely N-dealkylation sites (tertiary alicyclic amines) is 1. The molecule has 8 rings (SSSR count). The lowest BCUT2D eigenvalue weighted by molar-refractivity contribution is -0.124. The van der Waals surface area contributed by atoms with E-state index in [1.807, 2.05) is 29.2 Å². The molecular weight excluding hydrogens is 704 g/mol. The molecule has 3 aromatic heterocycles. The Labute approximate surface area is 300 Å². The summed E-state index contributed by atoms with van der Waals surface area (Å²) in [5, 5.41) is 5.46. The van der Waals surface area contributed by atoms with Crippen LogP contribution in [0.5, 0.6) is 6.01 Å². The summed E-state index contributed by atoms with van der Waals surface area (Å²) in [5.41, 5.74) is 0.0800. The number of hydrogen-bond acceptors (Lipinski definition) is 10. The molecule has 0 N–H and O–H groups in total. The summed E-state index contributed by atoms with van der Waals surface area (Å²) in [5.74, 6) is -1.68. The maximum Gasteiger partial charge on any atom is 0.319 e. The molecule has 3 aliphatic rings. The first-order valence-corrected chi connectivity index (χ1v) is 17.4. The third-order valence-corrected chi connectivity index (χ3v) is 10.7. The zero-order valence-corrected chi connectivity index (χ0v) is 28.7. The number of likely N-dealkylation sites (N-methyl/N-ethyl adjacent to an activating group) is 1. The highest BCUT2D eigenvalue weighted by atomic mass is 35.5. The van der Waals surface area contributed by atoms with Gasteiger partial charge < -0.3 is 19.1 Å². The Hall–Kier alpha value is -4.89. The fourth-order valence-electron chi connectivity index (χ4n) is 7.77. The Morgan fingerprint density at radius 2 is 2.00 bits per heavy atom. The molecule has 3 fully saturated rings. The lowest BCUT2D eigenvalue weighted by atomic mass is 9.95. The van der Waals surface area contributed by atoms with Gasteiger partial charge in [0.05, 0.1) is 10.9 Å². The monoisotopic (exact) mass is 736 g/mol. The van der Waals surface area contributed by atoms with Gasteiger partial charge in [-0.1, -0.05) is 47.1 Å². The molecule has 0 saturated carbocycles. The number of alkyl halides is 3. The lowest BCUT2D eigenvalue weighted by Gasteiger charge is -2.31. The van der Waals surface area contributed by atoms with Crippen LogP contribution in [0.4, 0.5) is 23.4 Å². The van der Waals surface area contributed by atoms with E-state index >= 15 is 4.39 Å². The average Bonchev–Trinajstić information content (AvgIpc) is 3.94. The molecule has 3 saturated heterocycles. The largest absolute Gasteiger partial charge is 0.461 e. The number of carbonyl (C=O) groups excluding carboxylic acids is 1. The molecule has 5 aromatic rings. The standard InChI is InChI=1S/C36H33ClF4N8O3/c1-47(22-11-14-48(18-22)27(50)10-9-26-43-33(32(40)41)46-52-26)34-24-16-42-30(23-7-2-5-20-6-3-8-25(37)28(20)23)29(39)31(24)44-35(45-34)51-19-36-12-4-13-49(36)17-21(38)15-36/h2-3,5-10,16,21-22,32H,4,11-15,17-19H2,1H3/b10-9+/t21-,22-,36+/m1/s1. The van der Waals surface area contributed by atoms with Crippen molar-refractivity contribution in [3.05, 3.63) is 71.2 Å². The summed E-state index contributed by atoms with van der Waals surface area (Å²) < 4.78 is 68.0. The van der Waals surface area contributed by atoms with Gasteiger partial charge in [-0.15, -0.1) is 0 Å². The Morgan fingerprint density at radius 3 is 2.81 bits per heavy atom. The van der Waals surface area contributed by atoms with Gasteiger partial charge in [-0.2, -0.15) is 15.0 Å². The molecule has 0 aliphatic carbocycles. The summed E-state index contributed by atoms with van der Waals surface area (Å²) in [4.78, 5) is 36.0. The number of pyridine rings is 1. The molecule has 52 heavy (non-hydrogen) atoms. The quantitative estimate of drug-likeness (QED) is 0.120. The second-order valence-corrected chi connectivity index (χ2v) is 13.9. The summed E-state index contributed by atoms with van der Waals surface area (Å²) in [6.07, 6.45) is 2.66. The summed E-state index contributed by atoms with van der Waals surface area (Å²) in [6, 6.07) is 10.6. The molecular formula is C36H33ClF4N8O3. The lowest BCUT2D eigenvalue weighted by Crippen LogP contribution is -2.43. The number of nitrogens with zero attached hydrogens (tertiary/aromatic N) is 8.